The highest BCUT2D eigenvalue weighted by Crippen LogP contribution is 2.35. The van der Waals surface area contributed by atoms with E-state index in [1.54, 1.807) is 0 Å². The third-order valence-electron chi connectivity index (χ3n) is 5.29. The van der Waals surface area contributed by atoms with Crippen LogP contribution in [0.25, 0.3) is 10.6 Å². The van der Waals surface area contributed by atoms with Crippen LogP contribution in [0, 0.1) is 33.5 Å². The van der Waals surface area contributed by atoms with E-state index in [1.165, 1.54) is 52.4 Å². The number of aromatic nitrogens is 4. The number of nitrogens with one attached hydrogen (secondary N) is 2. The van der Waals surface area contributed by atoms with Crippen molar-refractivity contribution < 1.29 is 14.0 Å². The number of aryl methyl sites for hydroxylation is 2. The molecule has 0 bridgehead atoms. The largest absolute Gasteiger partial charge is 0.300 e. The van der Waals surface area contributed by atoms with Gasteiger partial charge in [-0.25, -0.2) is 4.39 Å². The molecule has 2 aromatic heterocycles. The molecule has 0 atom stereocenters. The van der Waals surface area contributed by atoms with Crippen LogP contribution in [-0.4, -0.2) is 38.0 Å². The summed E-state index contributed by atoms with van der Waals surface area (Å²) >= 11 is 3.64. The highest BCUT2D eigenvalue weighted by molar-refractivity contribution is 8.01. The summed E-state index contributed by atoms with van der Waals surface area (Å²) in [7, 11) is 0. The van der Waals surface area contributed by atoms with Crippen LogP contribution in [0.15, 0.2) is 34.7 Å². The summed E-state index contributed by atoms with van der Waals surface area (Å²) in [4.78, 5) is 24.6. The molecule has 0 fully saturated rings. The van der Waals surface area contributed by atoms with Crippen LogP contribution >= 0.6 is 34.4 Å². The lowest BCUT2D eigenvalue weighted by Crippen LogP contribution is -2.13. The van der Waals surface area contributed by atoms with Crippen molar-refractivity contribution in [3.8, 4) is 10.6 Å². The Balaban J connectivity index is 1.34. The molecule has 0 saturated heterocycles. The number of thioether (sulfide) groups is 1. The van der Waals surface area contributed by atoms with Gasteiger partial charge in [0.2, 0.25) is 16.2 Å². The van der Waals surface area contributed by atoms with Gasteiger partial charge in [0.1, 0.15) is 10.8 Å². The average molecular weight is 529 g/mol. The third kappa shape index (κ3) is 5.89. The van der Waals surface area contributed by atoms with Crippen molar-refractivity contribution in [2.45, 2.75) is 32.0 Å². The highest BCUT2D eigenvalue weighted by atomic mass is 32.2. The van der Waals surface area contributed by atoms with Crippen molar-refractivity contribution in [3.05, 3.63) is 64.0 Å². The summed E-state index contributed by atoms with van der Waals surface area (Å²) in [6.45, 7) is 8.25. The van der Waals surface area contributed by atoms with Crippen LogP contribution in [0.1, 0.15) is 32.6 Å². The Labute approximate surface area is 213 Å². The fourth-order valence-corrected chi connectivity index (χ4v) is 5.78. The first-order valence-corrected chi connectivity index (χ1v) is 13.1. The molecular weight excluding hydrogens is 507 g/mol. The summed E-state index contributed by atoms with van der Waals surface area (Å²) in [6.07, 6.45) is 0. The van der Waals surface area contributed by atoms with Gasteiger partial charge in [-0.1, -0.05) is 46.6 Å². The van der Waals surface area contributed by atoms with Crippen molar-refractivity contribution in [2.24, 2.45) is 0 Å². The minimum Gasteiger partial charge on any atom is -0.300 e. The molecule has 180 valence electrons. The Morgan fingerprint density at radius 2 is 1.60 bits per heavy atom. The number of hydrogen-bond donors (Lipinski definition) is 2. The van der Waals surface area contributed by atoms with Gasteiger partial charge in [-0.15, -0.1) is 20.4 Å². The maximum atomic E-state index is 13.3. The van der Waals surface area contributed by atoms with E-state index in [-0.39, 0.29) is 22.4 Å². The third-order valence-corrected chi connectivity index (χ3v) is 8.12. The fourth-order valence-electron chi connectivity index (χ4n) is 3.31. The fraction of sp³-hybridized carbons (Fsp3) is 0.217. The molecule has 0 unspecified atom stereocenters. The van der Waals surface area contributed by atoms with E-state index in [1.807, 2.05) is 0 Å². The molecule has 0 radical (unpaired) electrons. The zero-order valence-corrected chi connectivity index (χ0v) is 21.8. The molecule has 4 aromatic rings. The van der Waals surface area contributed by atoms with Gasteiger partial charge in [0.05, 0.1) is 5.75 Å². The van der Waals surface area contributed by atoms with Gasteiger partial charge in [0.25, 0.3) is 5.91 Å². The predicted octanol–water partition coefficient (Wildman–Crippen LogP) is 5.41. The van der Waals surface area contributed by atoms with E-state index in [0.717, 1.165) is 39.1 Å². The number of hydrogen-bond acceptors (Lipinski definition) is 9. The molecular formula is C23H21FN6O2S3. The number of amides is 2. The number of rotatable bonds is 7. The summed E-state index contributed by atoms with van der Waals surface area (Å²) in [5.74, 6) is -1.16. The molecule has 0 aliphatic heterocycles. The summed E-state index contributed by atoms with van der Waals surface area (Å²) in [6, 6.07) is 7.51. The van der Waals surface area contributed by atoms with Crippen LogP contribution in [0.2, 0.25) is 0 Å². The molecule has 2 amide bonds. The highest BCUT2D eigenvalue weighted by Gasteiger charge is 2.17. The zero-order chi connectivity index (χ0) is 25.1. The maximum absolute atomic E-state index is 13.3. The number of carbonyl (C=O) groups is 2. The minimum absolute atomic E-state index is 0.0863. The van der Waals surface area contributed by atoms with Crippen molar-refractivity contribution in [3.63, 3.8) is 0 Å². The summed E-state index contributed by atoms with van der Waals surface area (Å²) < 4.78 is 13.8. The van der Waals surface area contributed by atoms with Gasteiger partial charge >= 0.3 is 0 Å². The van der Waals surface area contributed by atoms with Crippen LogP contribution < -0.4 is 10.6 Å². The normalized spacial score (nSPS) is 10.9. The Kier molecular flexibility index (Phi) is 7.53. The monoisotopic (exact) mass is 528 g/mol. The van der Waals surface area contributed by atoms with Crippen molar-refractivity contribution in [1.82, 2.24) is 20.4 Å². The van der Waals surface area contributed by atoms with Crippen LogP contribution in [-0.2, 0) is 4.79 Å². The van der Waals surface area contributed by atoms with Crippen LogP contribution in [0.5, 0.6) is 0 Å². The number of halogens is 1. The van der Waals surface area contributed by atoms with Gasteiger partial charge in [-0.3, -0.25) is 20.2 Å². The smallest absolute Gasteiger partial charge is 0.257 e. The number of nitrogens with zero attached hydrogens (tertiary/aromatic N) is 4. The van der Waals surface area contributed by atoms with E-state index >= 15 is 0 Å². The van der Waals surface area contributed by atoms with Gasteiger partial charge in [0, 0.05) is 11.1 Å². The lowest BCUT2D eigenvalue weighted by molar-refractivity contribution is -0.113. The molecule has 0 aliphatic carbocycles. The van der Waals surface area contributed by atoms with Gasteiger partial charge in [-0.2, -0.15) is 0 Å². The van der Waals surface area contributed by atoms with E-state index in [0.29, 0.717) is 9.47 Å². The SMILES string of the molecule is Cc1cc(C)c(C)c(-c2nnc(NC(=O)CSc3nnc(NC(=O)c4cccc(F)c4)s3)s2)c1C. The van der Waals surface area contributed by atoms with Crippen LogP contribution in [0.4, 0.5) is 14.7 Å². The molecule has 12 heteroatoms. The Bertz CT molecular complexity index is 1390. The molecule has 2 heterocycles. The van der Waals surface area contributed by atoms with Gasteiger partial charge < -0.3 is 0 Å². The lowest BCUT2D eigenvalue weighted by atomic mass is 9.95. The maximum Gasteiger partial charge on any atom is 0.257 e. The van der Waals surface area contributed by atoms with E-state index in [9.17, 15) is 14.0 Å². The second-order valence-electron chi connectivity index (χ2n) is 7.72. The number of anilines is 2. The topological polar surface area (TPSA) is 110 Å². The molecule has 4 rings (SSSR count). The molecule has 0 saturated carbocycles. The van der Waals surface area contributed by atoms with Crippen molar-refractivity contribution >= 4 is 56.5 Å². The first-order chi connectivity index (χ1) is 16.7. The Hall–Kier alpha value is -3.22. The molecule has 2 aromatic carbocycles. The van der Waals surface area contributed by atoms with Crippen LogP contribution in [0.3, 0.4) is 0 Å². The quantitative estimate of drug-likeness (QED) is 0.244. The molecule has 35 heavy (non-hydrogen) atoms. The number of carbonyl (C=O) groups excluding carboxylic acids is 2. The summed E-state index contributed by atoms with van der Waals surface area (Å²) in [5, 5.41) is 23.1. The molecule has 0 spiro atoms. The first kappa shape index (κ1) is 24.9. The first-order valence-electron chi connectivity index (χ1n) is 10.5. The van der Waals surface area contributed by atoms with Gasteiger partial charge in [-0.05, 0) is 68.1 Å². The van der Waals surface area contributed by atoms with Crippen molar-refractivity contribution in [1.29, 1.82) is 0 Å². The standard InChI is InChI=1S/C23H21FN6O2S3/c1-11-8-12(2)14(4)18(13(11)3)20-27-28-21(34-20)25-17(31)10-33-23-30-29-22(35-23)26-19(32)15-6-5-7-16(24)9-15/h5-9H,10H2,1-4H3,(H,25,28,31)(H,26,29,32). The zero-order valence-electron chi connectivity index (χ0n) is 19.3. The molecule has 0 aliphatic rings. The minimum atomic E-state index is -0.501. The molecule has 2 N–H and O–H groups in total. The Morgan fingerprint density at radius 3 is 2.31 bits per heavy atom. The Morgan fingerprint density at radius 1 is 0.914 bits per heavy atom. The second kappa shape index (κ2) is 10.6. The second-order valence-corrected chi connectivity index (χ2v) is 10.9. The predicted molar refractivity (Wildman–Crippen MR) is 138 cm³/mol. The van der Waals surface area contributed by atoms with Gasteiger partial charge in [0.15, 0.2) is 4.34 Å². The molecule has 8 nitrogen and oxygen atoms in total. The summed E-state index contributed by atoms with van der Waals surface area (Å²) in [5.41, 5.74) is 5.89. The van der Waals surface area contributed by atoms with E-state index < -0.39 is 11.7 Å². The van der Waals surface area contributed by atoms with E-state index in [2.05, 4.69) is 64.8 Å². The average Bonchev–Trinajstić information content (AvgIpc) is 3.46. The van der Waals surface area contributed by atoms with E-state index in [4.69, 9.17) is 0 Å². The lowest BCUT2D eigenvalue weighted by Gasteiger charge is -2.12. The van der Waals surface area contributed by atoms with Crippen molar-refractivity contribution in [2.75, 3.05) is 16.4 Å². The number of benzene rings is 2.